The fourth-order valence-electron chi connectivity index (χ4n) is 1.87. The van der Waals surface area contributed by atoms with Crippen LogP contribution in [0.3, 0.4) is 0 Å². The van der Waals surface area contributed by atoms with Gasteiger partial charge in [-0.2, -0.15) is 0 Å². The summed E-state index contributed by atoms with van der Waals surface area (Å²) >= 11 is 0. The number of rotatable bonds is 8. The summed E-state index contributed by atoms with van der Waals surface area (Å²) in [7, 11) is 3.60. The Hall–Kier alpha value is -1.75. The van der Waals surface area contributed by atoms with Gasteiger partial charge in [-0.1, -0.05) is 13.3 Å². The summed E-state index contributed by atoms with van der Waals surface area (Å²) < 4.78 is 5.20. The molecular formula is C15H25N3O2. The maximum Gasteiger partial charge on any atom is 0.225 e. The van der Waals surface area contributed by atoms with Crippen molar-refractivity contribution >= 4 is 17.3 Å². The zero-order valence-electron chi connectivity index (χ0n) is 12.6. The van der Waals surface area contributed by atoms with Gasteiger partial charge in [-0.25, -0.2) is 0 Å². The van der Waals surface area contributed by atoms with E-state index in [1.807, 2.05) is 7.05 Å². The molecule has 0 aliphatic rings. The van der Waals surface area contributed by atoms with E-state index in [4.69, 9.17) is 10.5 Å². The summed E-state index contributed by atoms with van der Waals surface area (Å²) in [5.41, 5.74) is 6.94. The molecule has 0 aliphatic heterocycles. The van der Waals surface area contributed by atoms with E-state index in [1.165, 1.54) is 0 Å². The molecule has 5 heteroatoms. The third kappa shape index (κ3) is 5.48. The van der Waals surface area contributed by atoms with Crippen LogP contribution in [-0.2, 0) is 4.79 Å². The van der Waals surface area contributed by atoms with E-state index in [0.29, 0.717) is 23.5 Å². The number of unbranched alkanes of at least 4 members (excludes halogenated alkanes) is 1. The topological polar surface area (TPSA) is 67.6 Å². The van der Waals surface area contributed by atoms with Gasteiger partial charge in [-0.3, -0.25) is 4.79 Å². The number of nitrogens with two attached hydrogens (primary N) is 1. The number of amides is 1. The van der Waals surface area contributed by atoms with E-state index in [2.05, 4.69) is 17.1 Å². The second-order valence-electron chi connectivity index (χ2n) is 4.91. The summed E-state index contributed by atoms with van der Waals surface area (Å²) in [6.45, 7) is 3.93. The number of methoxy groups -OCH3 is 1. The molecule has 5 nitrogen and oxygen atoms in total. The van der Waals surface area contributed by atoms with Gasteiger partial charge >= 0.3 is 0 Å². The van der Waals surface area contributed by atoms with Crippen LogP contribution in [0.2, 0.25) is 0 Å². The Morgan fingerprint density at radius 1 is 1.40 bits per heavy atom. The van der Waals surface area contributed by atoms with Crippen molar-refractivity contribution in [2.45, 2.75) is 26.2 Å². The number of nitrogens with zero attached hydrogens (tertiary/aromatic N) is 1. The second kappa shape index (κ2) is 8.43. The second-order valence-corrected chi connectivity index (χ2v) is 4.91. The van der Waals surface area contributed by atoms with Crippen molar-refractivity contribution in [2.24, 2.45) is 0 Å². The number of nitrogens with one attached hydrogen (secondary N) is 1. The number of benzene rings is 1. The molecule has 0 aromatic heterocycles. The number of ether oxygens (including phenoxy) is 1. The number of nitrogen functional groups attached to an aromatic ring is 1. The third-order valence-corrected chi connectivity index (χ3v) is 3.11. The molecule has 0 bridgehead atoms. The lowest BCUT2D eigenvalue weighted by molar-refractivity contribution is -0.116. The first-order chi connectivity index (χ1) is 9.56. The predicted molar refractivity (Wildman–Crippen MR) is 83.1 cm³/mol. The van der Waals surface area contributed by atoms with E-state index in [9.17, 15) is 4.79 Å². The Morgan fingerprint density at radius 3 is 2.80 bits per heavy atom. The minimum Gasteiger partial charge on any atom is -0.495 e. The zero-order valence-corrected chi connectivity index (χ0v) is 12.6. The summed E-state index contributed by atoms with van der Waals surface area (Å²) in [6, 6.07) is 5.20. The molecule has 1 aromatic rings. The van der Waals surface area contributed by atoms with Crippen molar-refractivity contribution in [1.29, 1.82) is 0 Å². The summed E-state index contributed by atoms with van der Waals surface area (Å²) in [5.74, 6) is 0.587. The van der Waals surface area contributed by atoms with Crippen molar-refractivity contribution in [1.82, 2.24) is 4.90 Å². The number of hydrogen-bond acceptors (Lipinski definition) is 4. The fourth-order valence-corrected chi connectivity index (χ4v) is 1.87. The Kier molecular flexibility index (Phi) is 6.87. The zero-order chi connectivity index (χ0) is 15.0. The van der Waals surface area contributed by atoms with Gasteiger partial charge in [0, 0.05) is 18.7 Å². The normalized spacial score (nSPS) is 10.6. The van der Waals surface area contributed by atoms with Gasteiger partial charge in [0.1, 0.15) is 5.75 Å². The molecular weight excluding hydrogens is 254 g/mol. The van der Waals surface area contributed by atoms with Crippen molar-refractivity contribution < 1.29 is 9.53 Å². The van der Waals surface area contributed by atoms with Gasteiger partial charge in [0.2, 0.25) is 5.91 Å². The monoisotopic (exact) mass is 279 g/mol. The maximum atomic E-state index is 11.9. The molecule has 0 saturated heterocycles. The molecule has 20 heavy (non-hydrogen) atoms. The molecule has 0 heterocycles. The quantitative estimate of drug-likeness (QED) is 0.717. The van der Waals surface area contributed by atoms with Gasteiger partial charge in [-0.05, 0) is 38.2 Å². The lowest BCUT2D eigenvalue weighted by Crippen LogP contribution is -2.25. The van der Waals surface area contributed by atoms with Gasteiger partial charge < -0.3 is 20.7 Å². The third-order valence-electron chi connectivity index (χ3n) is 3.11. The molecule has 0 fully saturated rings. The van der Waals surface area contributed by atoms with Gasteiger partial charge in [-0.15, -0.1) is 0 Å². The van der Waals surface area contributed by atoms with E-state index in [-0.39, 0.29) is 5.91 Å². The lowest BCUT2D eigenvalue weighted by atomic mass is 10.2. The van der Waals surface area contributed by atoms with E-state index in [1.54, 1.807) is 25.3 Å². The Bertz CT molecular complexity index is 435. The van der Waals surface area contributed by atoms with E-state index in [0.717, 1.165) is 25.9 Å². The first-order valence-corrected chi connectivity index (χ1v) is 6.98. The molecule has 1 aromatic carbocycles. The molecule has 1 amide bonds. The molecule has 0 aliphatic carbocycles. The van der Waals surface area contributed by atoms with Gasteiger partial charge in [0.15, 0.2) is 0 Å². The average molecular weight is 279 g/mol. The molecule has 0 radical (unpaired) electrons. The molecule has 0 atom stereocenters. The minimum absolute atomic E-state index is 0.0303. The highest BCUT2D eigenvalue weighted by Crippen LogP contribution is 2.26. The van der Waals surface area contributed by atoms with Crippen LogP contribution in [0.25, 0.3) is 0 Å². The smallest absolute Gasteiger partial charge is 0.225 e. The molecule has 0 spiro atoms. The van der Waals surface area contributed by atoms with Crippen LogP contribution in [0.1, 0.15) is 26.2 Å². The SMILES string of the molecule is CCCCN(C)CCC(=O)Nc1cc(N)ccc1OC. The van der Waals surface area contributed by atoms with Crippen molar-refractivity contribution in [3.05, 3.63) is 18.2 Å². The molecule has 0 saturated carbocycles. The van der Waals surface area contributed by atoms with E-state index < -0.39 is 0 Å². The highest BCUT2D eigenvalue weighted by atomic mass is 16.5. The molecule has 1 rings (SSSR count). The number of carbonyl (C=O) groups is 1. The Labute approximate surface area is 121 Å². The molecule has 112 valence electrons. The number of anilines is 2. The fraction of sp³-hybridized carbons (Fsp3) is 0.533. The highest BCUT2D eigenvalue weighted by Gasteiger charge is 2.09. The molecule has 3 N–H and O–H groups in total. The Morgan fingerprint density at radius 2 is 2.15 bits per heavy atom. The first kappa shape index (κ1) is 16.3. The first-order valence-electron chi connectivity index (χ1n) is 6.98. The standard InChI is InChI=1S/C15H25N3O2/c1-4-5-9-18(2)10-8-15(19)17-13-11-12(16)6-7-14(13)20-3/h6-7,11H,4-5,8-10,16H2,1-3H3,(H,17,19). The van der Waals surface area contributed by atoms with Crippen LogP contribution in [-0.4, -0.2) is 38.1 Å². The van der Waals surface area contributed by atoms with Crippen LogP contribution in [0, 0.1) is 0 Å². The summed E-state index contributed by atoms with van der Waals surface area (Å²) in [6.07, 6.45) is 2.77. The van der Waals surface area contributed by atoms with Crippen LogP contribution in [0.15, 0.2) is 18.2 Å². The van der Waals surface area contributed by atoms with Crippen molar-refractivity contribution in [2.75, 3.05) is 38.3 Å². The summed E-state index contributed by atoms with van der Waals surface area (Å²) in [4.78, 5) is 14.1. The highest BCUT2D eigenvalue weighted by molar-refractivity contribution is 5.93. The average Bonchev–Trinajstić information content (AvgIpc) is 2.43. The molecule has 0 unspecified atom stereocenters. The van der Waals surface area contributed by atoms with Gasteiger partial charge in [0.25, 0.3) is 0 Å². The minimum atomic E-state index is -0.0303. The lowest BCUT2D eigenvalue weighted by Gasteiger charge is -2.16. The largest absolute Gasteiger partial charge is 0.495 e. The van der Waals surface area contributed by atoms with Crippen LogP contribution >= 0.6 is 0 Å². The number of hydrogen-bond donors (Lipinski definition) is 2. The summed E-state index contributed by atoms with van der Waals surface area (Å²) in [5, 5.41) is 2.84. The van der Waals surface area contributed by atoms with Crippen molar-refractivity contribution in [3.8, 4) is 5.75 Å². The van der Waals surface area contributed by atoms with Crippen LogP contribution in [0.5, 0.6) is 5.75 Å². The number of carbonyl (C=O) groups excluding carboxylic acids is 1. The van der Waals surface area contributed by atoms with Crippen LogP contribution < -0.4 is 15.8 Å². The predicted octanol–water partition coefficient (Wildman–Crippen LogP) is 2.34. The van der Waals surface area contributed by atoms with Gasteiger partial charge in [0.05, 0.1) is 12.8 Å². The van der Waals surface area contributed by atoms with Crippen molar-refractivity contribution in [3.63, 3.8) is 0 Å². The van der Waals surface area contributed by atoms with E-state index >= 15 is 0 Å². The Balaban J connectivity index is 2.48. The maximum absolute atomic E-state index is 11.9. The van der Waals surface area contributed by atoms with Crippen LogP contribution in [0.4, 0.5) is 11.4 Å².